The monoisotopic (exact) mass is 883 g/mol. The fraction of sp³-hybridized carbons (Fsp3) is 0.807. The Morgan fingerprint density at radius 2 is 0.619 bits per heavy atom. The molecule has 0 aliphatic rings. The van der Waals surface area contributed by atoms with Gasteiger partial charge in [-0.2, -0.15) is 0 Å². The van der Waals surface area contributed by atoms with E-state index in [1.54, 1.807) is 0 Å². The molecule has 0 saturated heterocycles. The van der Waals surface area contributed by atoms with Gasteiger partial charge in [-0.05, 0) is 57.8 Å². The van der Waals surface area contributed by atoms with Gasteiger partial charge in [-0.1, -0.05) is 249 Å². The highest BCUT2D eigenvalue weighted by molar-refractivity contribution is 5.71. The Morgan fingerprint density at radius 1 is 0.333 bits per heavy atom. The van der Waals surface area contributed by atoms with E-state index < -0.39 is 6.10 Å². The van der Waals surface area contributed by atoms with Crippen LogP contribution in [0.5, 0.6) is 0 Å². The van der Waals surface area contributed by atoms with Crippen LogP contribution in [0.3, 0.4) is 0 Å². The van der Waals surface area contributed by atoms with Crippen LogP contribution in [0.15, 0.2) is 48.6 Å². The molecule has 0 aromatic rings. The lowest BCUT2D eigenvalue weighted by atomic mass is 10.0. The Morgan fingerprint density at radius 3 is 0.968 bits per heavy atom. The van der Waals surface area contributed by atoms with Gasteiger partial charge in [0, 0.05) is 19.3 Å². The summed E-state index contributed by atoms with van der Waals surface area (Å²) < 4.78 is 16.8. The van der Waals surface area contributed by atoms with E-state index in [0.29, 0.717) is 19.3 Å². The summed E-state index contributed by atoms with van der Waals surface area (Å²) in [5.41, 5.74) is 0. The lowest BCUT2D eigenvalue weighted by molar-refractivity contribution is -0.167. The molecule has 366 valence electrons. The number of allylic oxidation sites excluding steroid dienone is 8. The number of hydrogen-bond acceptors (Lipinski definition) is 6. The highest BCUT2D eigenvalue weighted by Gasteiger charge is 2.19. The first-order valence-corrected chi connectivity index (χ1v) is 27.1. The maximum atomic E-state index is 12.8. The molecule has 0 radical (unpaired) electrons. The molecule has 0 aliphatic carbocycles. The molecule has 6 nitrogen and oxygen atoms in total. The standard InChI is InChI=1S/C57H102O6/c1-4-7-10-13-16-19-22-24-26-28-29-30-32-33-35-38-41-44-47-50-56(59)62-53-54(52-61-55(58)49-46-43-40-37-21-18-15-12-9-6-3)63-57(60)51-48-45-42-39-36-34-31-27-25-23-20-17-14-11-8-5-2/h8,11,17,20,25,27,34,36,54H,4-7,9-10,12-16,18-19,21-24,26,28-33,35,37-53H2,1-3H3/b11-8-,20-17-,27-25-,36-34-. The van der Waals surface area contributed by atoms with Crippen LogP contribution in [0, 0.1) is 0 Å². The van der Waals surface area contributed by atoms with Crippen LogP contribution in [0.25, 0.3) is 0 Å². The van der Waals surface area contributed by atoms with Crippen molar-refractivity contribution in [3.8, 4) is 0 Å². The zero-order valence-electron chi connectivity index (χ0n) is 41.8. The molecule has 6 heteroatoms. The average molecular weight is 883 g/mol. The smallest absolute Gasteiger partial charge is 0.306 e. The van der Waals surface area contributed by atoms with Crippen molar-refractivity contribution >= 4 is 17.9 Å². The van der Waals surface area contributed by atoms with Crippen LogP contribution in [-0.2, 0) is 28.6 Å². The zero-order valence-corrected chi connectivity index (χ0v) is 41.8. The molecular formula is C57H102O6. The normalized spacial score (nSPS) is 12.4. The van der Waals surface area contributed by atoms with Crippen molar-refractivity contribution in [2.75, 3.05) is 13.2 Å². The minimum absolute atomic E-state index is 0.0823. The Kier molecular flexibility index (Phi) is 49.8. The number of carbonyl (C=O) groups excluding carboxylic acids is 3. The Hall–Kier alpha value is -2.63. The number of ether oxygens (including phenoxy) is 3. The van der Waals surface area contributed by atoms with Crippen LogP contribution in [0.4, 0.5) is 0 Å². The molecule has 0 fully saturated rings. The summed E-state index contributed by atoms with van der Waals surface area (Å²) in [5, 5.41) is 0. The first kappa shape index (κ1) is 60.4. The van der Waals surface area contributed by atoms with Crippen LogP contribution in [-0.4, -0.2) is 37.2 Å². The van der Waals surface area contributed by atoms with Crippen molar-refractivity contribution in [2.45, 2.75) is 284 Å². The fourth-order valence-corrected chi connectivity index (χ4v) is 7.79. The van der Waals surface area contributed by atoms with Gasteiger partial charge >= 0.3 is 17.9 Å². The molecule has 1 atom stereocenters. The van der Waals surface area contributed by atoms with Crippen molar-refractivity contribution in [1.29, 1.82) is 0 Å². The average Bonchev–Trinajstić information content (AvgIpc) is 3.28. The Bertz CT molecular complexity index is 1110. The van der Waals surface area contributed by atoms with Crippen LogP contribution in [0.2, 0.25) is 0 Å². The van der Waals surface area contributed by atoms with E-state index in [2.05, 4.69) is 69.4 Å². The van der Waals surface area contributed by atoms with Crippen molar-refractivity contribution in [1.82, 2.24) is 0 Å². The maximum Gasteiger partial charge on any atom is 0.306 e. The van der Waals surface area contributed by atoms with Crippen molar-refractivity contribution in [3.63, 3.8) is 0 Å². The molecule has 0 heterocycles. The second-order valence-corrected chi connectivity index (χ2v) is 18.1. The lowest BCUT2D eigenvalue weighted by Crippen LogP contribution is -2.30. The molecule has 0 amide bonds. The van der Waals surface area contributed by atoms with Gasteiger partial charge in [0.15, 0.2) is 6.10 Å². The molecule has 0 bridgehead atoms. The summed E-state index contributed by atoms with van der Waals surface area (Å²) in [6, 6.07) is 0. The summed E-state index contributed by atoms with van der Waals surface area (Å²) in [6.45, 7) is 6.51. The minimum atomic E-state index is -0.785. The second kappa shape index (κ2) is 52.0. The molecule has 0 saturated carbocycles. The summed E-state index contributed by atoms with van der Waals surface area (Å²) in [5.74, 6) is -0.904. The topological polar surface area (TPSA) is 78.9 Å². The summed E-state index contributed by atoms with van der Waals surface area (Å²) in [4.78, 5) is 38.0. The lowest BCUT2D eigenvalue weighted by Gasteiger charge is -2.18. The fourth-order valence-electron chi connectivity index (χ4n) is 7.79. The van der Waals surface area contributed by atoms with Crippen molar-refractivity contribution in [2.24, 2.45) is 0 Å². The van der Waals surface area contributed by atoms with Gasteiger partial charge in [0.1, 0.15) is 13.2 Å². The van der Waals surface area contributed by atoms with Crippen molar-refractivity contribution in [3.05, 3.63) is 48.6 Å². The first-order valence-electron chi connectivity index (χ1n) is 27.1. The van der Waals surface area contributed by atoms with E-state index in [1.165, 1.54) is 148 Å². The van der Waals surface area contributed by atoms with Crippen LogP contribution < -0.4 is 0 Å². The maximum absolute atomic E-state index is 12.8. The van der Waals surface area contributed by atoms with Crippen molar-refractivity contribution < 1.29 is 28.6 Å². The summed E-state index contributed by atoms with van der Waals surface area (Å²) in [6.07, 6.45) is 62.5. The second-order valence-electron chi connectivity index (χ2n) is 18.1. The highest BCUT2D eigenvalue weighted by Crippen LogP contribution is 2.16. The molecule has 0 aromatic heterocycles. The number of esters is 3. The first-order chi connectivity index (χ1) is 31.0. The van der Waals surface area contributed by atoms with E-state index in [9.17, 15) is 14.4 Å². The van der Waals surface area contributed by atoms with Gasteiger partial charge in [-0.15, -0.1) is 0 Å². The van der Waals surface area contributed by atoms with Gasteiger partial charge in [-0.3, -0.25) is 14.4 Å². The van der Waals surface area contributed by atoms with Gasteiger partial charge in [0.05, 0.1) is 0 Å². The number of unbranched alkanes of at least 4 members (excludes halogenated alkanes) is 30. The number of hydrogen-bond donors (Lipinski definition) is 0. The highest BCUT2D eigenvalue weighted by atomic mass is 16.6. The molecule has 0 N–H and O–H groups in total. The van der Waals surface area contributed by atoms with Gasteiger partial charge in [-0.25, -0.2) is 0 Å². The molecule has 0 aromatic carbocycles. The van der Waals surface area contributed by atoms with E-state index >= 15 is 0 Å². The summed E-state index contributed by atoms with van der Waals surface area (Å²) >= 11 is 0. The molecule has 0 spiro atoms. The van der Waals surface area contributed by atoms with E-state index in [0.717, 1.165) is 89.9 Å². The third kappa shape index (κ3) is 50.2. The Balaban J connectivity index is 4.33. The van der Waals surface area contributed by atoms with Gasteiger partial charge < -0.3 is 14.2 Å². The van der Waals surface area contributed by atoms with Gasteiger partial charge in [0.25, 0.3) is 0 Å². The molecule has 0 rings (SSSR count). The quantitative estimate of drug-likeness (QED) is 0.0262. The largest absolute Gasteiger partial charge is 0.462 e. The minimum Gasteiger partial charge on any atom is -0.462 e. The SMILES string of the molecule is CC/C=C\C/C=C\C/C=C\C/C=C\CCCCCC(=O)OC(COC(=O)CCCCCCCCCCCC)COC(=O)CCCCCCCCCCCCCCCCCCCCC. The third-order valence-corrected chi connectivity index (χ3v) is 11.8. The van der Waals surface area contributed by atoms with E-state index in [4.69, 9.17) is 14.2 Å². The van der Waals surface area contributed by atoms with E-state index in [-0.39, 0.29) is 31.1 Å². The Labute approximate surface area is 390 Å². The molecular weight excluding hydrogens is 781 g/mol. The van der Waals surface area contributed by atoms with Crippen LogP contribution >= 0.6 is 0 Å². The third-order valence-electron chi connectivity index (χ3n) is 11.8. The number of rotatable bonds is 49. The molecule has 63 heavy (non-hydrogen) atoms. The zero-order chi connectivity index (χ0) is 45.8. The van der Waals surface area contributed by atoms with E-state index in [1.807, 2.05) is 0 Å². The predicted molar refractivity (Wildman–Crippen MR) is 270 cm³/mol. The molecule has 0 aliphatic heterocycles. The van der Waals surface area contributed by atoms with Crippen LogP contribution in [0.1, 0.15) is 278 Å². The van der Waals surface area contributed by atoms with Gasteiger partial charge in [0.2, 0.25) is 0 Å². The summed E-state index contributed by atoms with van der Waals surface area (Å²) in [7, 11) is 0. The predicted octanol–water partition coefficient (Wildman–Crippen LogP) is 17.9. The number of carbonyl (C=O) groups is 3. The molecule has 1 unspecified atom stereocenters.